The Hall–Kier alpha value is -2.82. The molecule has 0 N–H and O–H groups in total. The molecule has 0 saturated carbocycles. The zero-order valence-electron chi connectivity index (χ0n) is 14.5. The summed E-state index contributed by atoms with van der Waals surface area (Å²) in [6.45, 7) is 4.09. The van der Waals surface area contributed by atoms with E-state index in [1.165, 1.54) is 19.2 Å². The largest absolute Gasteiger partial charge is 0.490 e. The first-order valence-corrected chi connectivity index (χ1v) is 7.85. The van der Waals surface area contributed by atoms with Crippen LogP contribution >= 0.6 is 0 Å². The Morgan fingerprint density at radius 1 is 1.12 bits per heavy atom. The molecular formula is C20H21FO4. The lowest BCUT2D eigenvalue weighted by Crippen LogP contribution is -2.13. The number of allylic oxidation sites excluding steroid dienone is 1. The second kappa shape index (κ2) is 8.87. The molecule has 25 heavy (non-hydrogen) atoms. The highest BCUT2D eigenvalue weighted by Crippen LogP contribution is 2.23. The standard InChI is InChI=1S/C20H21FO4/c1-14(16-4-6-17(21)7-5-16)10-11-24-18-8-9-19(15(2)12-18)25-13-20(22)23-3/h4-10,12H,11,13H2,1-3H3/b14-10+. The molecule has 132 valence electrons. The Labute approximate surface area is 146 Å². The third-order valence-corrected chi connectivity index (χ3v) is 3.66. The second-order valence-corrected chi connectivity index (χ2v) is 5.50. The summed E-state index contributed by atoms with van der Waals surface area (Å²) in [5.41, 5.74) is 2.82. The molecule has 0 heterocycles. The van der Waals surface area contributed by atoms with E-state index in [4.69, 9.17) is 9.47 Å². The van der Waals surface area contributed by atoms with Crippen LogP contribution in [0.1, 0.15) is 18.1 Å². The van der Waals surface area contributed by atoms with Crippen molar-refractivity contribution in [1.29, 1.82) is 0 Å². The van der Waals surface area contributed by atoms with Crippen molar-refractivity contribution in [2.24, 2.45) is 0 Å². The van der Waals surface area contributed by atoms with Crippen LogP contribution in [-0.4, -0.2) is 26.3 Å². The maximum absolute atomic E-state index is 12.9. The molecule has 0 radical (unpaired) electrons. The van der Waals surface area contributed by atoms with Gasteiger partial charge >= 0.3 is 5.97 Å². The molecule has 0 aliphatic rings. The number of benzene rings is 2. The molecule has 0 aromatic heterocycles. The van der Waals surface area contributed by atoms with Gasteiger partial charge in [-0.25, -0.2) is 9.18 Å². The van der Waals surface area contributed by atoms with Crippen molar-refractivity contribution in [1.82, 2.24) is 0 Å². The van der Waals surface area contributed by atoms with Crippen molar-refractivity contribution in [3.05, 3.63) is 65.5 Å². The van der Waals surface area contributed by atoms with Crippen LogP contribution < -0.4 is 9.47 Å². The van der Waals surface area contributed by atoms with Gasteiger partial charge in [-0.2, -0.15) is 0 Å². The molecule has 0 aliphatic carbocycles. The first-order chi connectivity index (χ1) is 12.0. The number of ether oxygens (including phenoxy) is 3. The molecule has 0 bridgehead atoms. The lowest BCUT2D eigenvalue weighted by Gasteiger charge is -2.10. The number of hydrogen-bond acceptors (Lipinski definition) is 4. The fraction of sp³-hybridized carbons (Fsp3) is 0.250. The highest BCUT2D eigenvalue weighted by molar-refractivity contribution is 5.71. The molecule has 2 aromatic rings. The summed E-state index contributed by atoms with van der Waals surface area (Å²) < 4.78 is 28.6. The maximum Gasteiger partial charge on any atom is 0.343 e. The van der Waals surface area contributed by atoms with Crippen molar-refractivity contribution in [3.8, 4) is 11.5 Å². The van der Waals surface area contributed by atoms with Gasteiger partial charge in [0, 0.05) is 0 Å². The van der Waals surface area contributed by atoms with Gasteiger partial charge in [-0.05, 0) is 67.0 Å². The number of halogens is 1. The van der Waals surface area contributed by atoms with Crippen LogP contribution in [0, 0.1) is 12.7 Å². The molecule has 2 aromatic carbocycles. The Bertz CT molecular complexity index is 751. The van der Waals surface area contributed by atoms with Gasteiger partial charge in [0.2, 0.25) is 0 Å². The average molecular weight is 344 g/mol. The highest BCUT2D eigenvalue weighted by Gasteiger charge is 2.06. The van der Waals surface area contributed by atoms with E-state index >= 15 is 0 Å². The number of carbonyl (C=O) groups is 1. The van der Waals surface area contributed by atoms with Gasteiger partial charge in [0.25, 0.3) is 0 Å². The molecule has 0 atom stereocenters. The number of esters is 1. The molecule has 2 rings (SSSR count). The molecular weight excluding hydrogens is 323 g/mol. The van der Waals surface area contributed by atoms with Gasteiger partial charge in [0.15, 0.2) is 6.61 Å². The van der Waals surface area contributed by atoms with E-state index in [0.717, 1.165) is 16.7 Å². The van der Waals surface area contributed by atoms with Crippen LogP contribution in [0.5, 0.6) is 11.5 Å². The summed E-state index contributed by atoms with van der Waals surface area (Å²) in [6.07, 6.45) is 1.93. The van der Waals surface area contributed by atoms with Crippen LogP contribution in [0.2, 0.25) is 0 Å². The van der Waals surface area contributed by atoms with Crippen molar-refractivity contribution in [2.45, 2.75) is 13.8 Å². The quantitative estimate of drug-likeness (QED) is 0.707. The lowest BCUT2D eigenvalue weighted by atomic mass is 10.1. The monoisotopic (exact) mass is 344 g/mol. The number of aryl methyl sites for hydroxylation is 1. The Morgan fingerprint density at radius 3 is 2.48 bits per heavy atom. The number of hydrogen-bond donors (Lipinski definition) is 0. The Morgan fingerprint density at radius 2 is 1.84 bits per heavy atom. The van der Waals surface area contributed by atoms with E-state index in [9.17, 15) is 9.18 Å². The topological polar surface area (TPSA) is 44.8 Å². The van der Waals surface area contributed by atoms with Gasteiger partial charge in [-0.1, -0.05) is 12.1 Å². The summed E-state index contributed by atoms with van der Waals surface area (Å²) in [6, 6.07) is 11.7. The molecule has 0 spiro atoms. The number of methoxy groups -OCH3 is 1. The van der Waals surface area contributed by atoms with E-state index < -0.39 is 5.97 Å². The molecule has 0 fully saturated rings. The van der Waals surface area contributed by atoms with Gasteiger partial charge in [-0.15, -0.1) is 0 Å². The van der Waals surface area contributed by atoms with E-state index in [1.54, 1.807) is 24.3 Å². The fourth-order valence-corrected chi connectivity index (χ4v) is 2.16. The van der Waals surface area contributed by atoms with Gasteiger partial charge in [0.1, 0.15) is 23.9 Å². The molecule has 5 heteroatoms. The minimum Gasteiger partial charge on any atom is -0.490 e. The van der Waals surface area contributed by atoms with Crippen LogP contribution in [0.4, 0.5) is 4.39 Å². The Balaban J connectivity index is 1.92. The van der Waals surface area contributed by atoms with Gasteiger partial charge in [0.05, 0.1) is 7.11 Å². The van der Waals surface area contributed by atoms with Crippen molar-refractivity contribution < 1.29 is 23.4 Å². The third kappa shape index (κ3) is 5.64. The number of carbonyl (C=O) groups excluding carboxylic acids is 1. The normalized spacial score (nSPS) is 11.1. The van der Waals surface area contributed by atoms with Crippen LogP contribution in [-0.2, 0) is 9.53 Å². The van der Waals surface area contributed by atoms with Gasteiger partial charge in [-0.3, -0.25) is 0 Å². The lowest BCUT2D eigenvalue weighted by molar-refractivity contribution is -0.142. The summed E-state index contributed by atoms with van der Waals surface area (Å²) >= 11 is 0. The predicted molar refractivity (Wildman–Crippen MR) is 94.2 cm³/mol. The molecule has 0 aliphatic heterocycles. The molecule has 0 saturated heterocycles. The highest BCUT2D eigenvalue weighted by atomic mass is 19.1. The number of rotatable bonds is 7. The van der Waals surface area contributed by atoms with E-state index in [0.29, 0.717) is 18.1 Å². The van der Waals surface area contributed by atoms with Crippen LogP contribution in [0.15, 0.2) is 48.5 Å². The zero-order valence-corrected chi connectivity index (χ0v) is 14.5. The SMILES string of the molecule is COC(=O)COc1ccc(OC/C=C(\C)c2ccc(F)cc2)cc1C. The predicted octanol–water partition coefficient (Wildman–Crippen LogP) is 4.17. The van der Waals surface area contributed by atoms with Crippen LogP contribution in [0.25, 0.3) is 5.57 Å². The molecule has 0 unspecified atom stereocenters. The minimum absolute atomic E-state index is 0.128. The fourth-order valence-electron chi connectivity index (χ4n) is 2.16. The smallest absolute Gasteiger partial charge is 0.343 e. The summed E-state index contributed by atoms with van der Waals surface area (Å²) in [4.78, 5) is 11.1. The van der Waals surface area contributed by atoms with E-state index in [-0.39, 0.29) is 12.4 Å². The summed E-state index contributed by atoms with van der Waals surface area (Å²) in [5.74, 6) is 0.626. The summed E-state index contributed by atoms with van der Waals surface area (Å²) in [7, 11) is 1.32. The first-order valence-electron chi connectivity index (χ1n) is 7.85. The average Bonchev–Trinajstić information content (AvgIpc) is 2.61. The van der Waals surface area contributed by atoms with Crippen molar-refractivity contribution >= 4 is 11.5 Å². The van der Waals surface area contributed by atoms with Crippen molar-refractivity contribution in [2.75, 3.05) is 20.3 Å². The van der Waals surface area contributed by atoms with Gasteiger partial charge < -0.3 is 14.2 Å². The second-order valence-electron chi connectivity index (χ2n) is 5.50. The van der Waals surface area contributed by atoms with E-state index in [2.05, 4.69) is 4.74 Å². The maximum atomic E-state index is 12.9. The Kier molecular flexibility index (Phi) is 6.57. The van der Waals surface area contributed by atoms with Crippen molar-refractivity contribution in [3.63, 3.8) is 0 Å². The summed E-state index contributed by atoms with van der Waals surface area (Å²) in [5, 5.41) is 0. The zero-order chi connectivity index (χ0) is 18.2. The third-order valence-electron chi connectivity index (χ3n) is 3.66. The molecule has 0 amide bonds. The van der Waals surface area contributed by atoms with Crippen LogP contribution in [0.3, 0.4) is 0 Å². The molecule has 4 nitrogen and oxygen atoms in total. The minimum atomic E-state index is -0.430. The first kappa shape index (κ1) is 18.5. The van der Waals surface area contributed by atoms with E-state index in [1.807, 2.05) is 26.0 Å².